The summed E-state index contributed by atoms with van der Waals surface area (Å²) in [4.78, 5) is 22.9. The van der Waals surface area contributed by atoms with Gasteiger partial charge in [0.2, 0.25) is 0 Å². The number of quaternary nitrogens is 1. The van der Waals surface area contributed by atoms with E-state index < -0.39 is 12.1 Å². The molecule has 0 aliphatic carbocycles. The van der Waals surface area contributed by atoms with Gasteiger partial charge in [-0.15, -0.1) is 0 Å². The monoisotopic (exact) mass is 439 g/mol. The molecule has 0 saturated heterocycles. The molecular weight excluding hydrogens is 390 g/mol. The molecule has 0 aromatic heterocycles. The first kappa shape index (κ1) is 29.6. The number of hydrogen-bond donors (Lipinski definition) is 0. The Hall–Kier alpha value is -1.36. The molecule has 0 fully saturated rings. The van der Waals surface area contributed by atoms with Crippen LogP contribution in [0.25, 0.3) is 0 Å². The van der Waals surface area contributed by atoms with E-state index in [1.165, 1.54) is 64.2 Å². The number of carbonyl (C=O) groups excluding carboxylic acids is 2. The highest BCUT2D eigenvalue weighted by Crippen LogP contribution is 2.12. The van der Waals surface area contributed by atoms with Crippen molar-refractivity contribution in [3.8, 4) is 0 Å². The second-order valence-electron chi connectivity index (χ2n) is 9.85. The number of esters is 1. The molecule has 5 nitrogen and oxygen atoms in total. The van der Waals surface area contributed by atoms with Crippen molar-refractivity contribution >= 4 is 11.9 Å². The lowest BCUT2D eigenvalue weighted by atomic mass is 10.1. The highest BCUT2D eigenvalue weighted by Gasteiger charge is 2.22. The summed E-state index contributed by atoms with van der Waals surface area (Å²) >= 11 is 0. The van der Waals surface area contributed by atoms with Crippen LogP contribution in [0.1, 0.15) is 110 Å². The molecule has 0 bridgehead atoms. The molecule has 0 N–H and O–H groups in total. The average molecular weight is 440 g/mol. The maximum Gasteiger partial charge on any atom is 0.306 e. The average Bonchev–Trinajstić information content (AvgIpc) is 2.65. The number of carbonyl (C=O) groups is 2. The summed E-state index contributed by atoms with van der Waals surface area (Å²) in [6.07, 6.45) is 21.4. The summed E-state index contributed by atoms with van der Waals surface area (Å²) < 4.78 is 5.92. The Kier molecular flexibility index (Phi) is 18.5. The van der Waals surface area contributed by atoms with Gasteiger partial charge in [-0.1, -0.05) is 76.9 Å². The maximum absolute atomic E-state index is 12.0. The lowest BCUT2D eigenvalue weighted by molar-refractivity contribution is -0.873. The maximum atomic E-state index is 12.0. The van der Waals surface area contributed by atoms with Crippen molar-refractivity contribution in [2.75, 3.05) is 27.7 Å². The zero-order valence-corrected chi connectivity index (χ0v) is 20.8. The molecule has 0 heterocycles. The molecule has 182 valence electrons. The van der Waals surface area contributed by atoms with Crippen LogP contribution < -0.4 is 5.11 Å². The van der Waals surface area contributed by atoms with Crippen LogP contribution in [0.5, 0.6) is 0 Å². The fraction of sp³-hybridized carbons (Fsp3) is 0.846. The van der Waals surface area contributed by atoms with Gasteiger partial charge in [-0.2, -0.15) is 0 Å². The number of nitrogens with zero attached hydrogens (tertiary/aromatic N) is 1. The van der Waals surface area contributed by atoms with Crippen LogP contribution in [-0.4, -0.2) is 50.2 Å². The molecular formula is C26H49NO4. The van der Waals surface area contributed by atoms with Gasteiger partial charge in [-0.3, -0.25) is 4.79 Å². The molecule has 0 aliphatic heterocycles. The standard InChI is InChI=1S/C26H49NO4/c1-5-6-7-8-9-10-11-12-13-14-15-16-17-18-19-20-21-26(30)31-24(22-25(28)29)23-27(2,3)4/h13-14,24H,5-12,15-23H2,1-4H3/b14-13+. The molecule has 0 spiro atoms. The minimum absolute atomic E-state index is 0.242. The first-order valence-corrected chi connectivity index (χ1v) is 12.6. The third kappa shape index (κ3) is 23.1. The molecule has 0 aromatic rings. The van der Waals surface area contributed by atoms with Crippen molar-refractivity contribution in [1.29, 1.82) is 0 Å². The van der Waals surface area contributed by atoms with E-state index >= 15 is 0 Å². The molecule has 0 saturated carbocycles. The number of carboxylic acid groups (broad SMARTS) is 1. The van der Waals surface area contributed by atoms with Gasteiger partial charge in [0.25, 0.3) is 0 Å². The Morgan fingerprint density at radius 1 is 0.806 bits per heavy atom. The lowest BCUT2D eigenvalue weighted by Crippen LogP contribution is -2.45. The van der Waals surface area contributed by atoms with Gasteiger partial charge >= 0.3 is 5.97 Å². The Morgan fingerprint density at radius 2 is 1.29 bits per heavy atom. The normalized spacial score (nSPS) is 12.9. The first-order chi connectivity index (χ1) is 14.7. The van der Waals surface area contributed by atoms with Gasteiger partial charge in [0, 0.05) is 18.8 Å². The van der Waals surface area contributed by atoms with Crippen molar-refractivity contribution < 1.29 is 23.9 Å². The number of aliphatic carboxylic acids is 1. The molecule has 0 amide bonds. The quantitative estimate of drug-likeness (QED) is 0.107. The molecule has 0 radical (unpaired) electrons. The lowest BCUT2D eigenvalue weighted by Gasteiger charge is -2.29. The third-order valence-corrected chi connectivity index (χ3v) is 5.34. The van der Waals surface area contributed by atoms with E-state index in [1.807, 2.05) is 21.1 Å². The van der Waals surface area contributed by atoms with Gasteiger partial charge in [0.1, 0.15) is 6.54 Å². The van der Waals surface area contributed by atoms with Gasteiger partial charge in [0.05, 0.1) is 21.1 Å². The van der Waals surface area contributed by atoms with Crippen molar-refractivity contribution in [2.24, 2.45) is 0 Å². The fourth-order valence-corrected chi connectivity index (χ4v) is 3.70. The molecule has 0 rings (SSSR count). The van der Waals surface area contributed by atoms with E-state index in [0.29, 0.717) is 17.4 Å². The predicted octanol–water partition coefficient (Wildman–Crippen LogP) is 5.17. The summed E-state index contributed by atoms with van der Waals surface area (Å²) in [6, 6.07) is 0. The molecule has 31 heavy (non-hydrogen) atoms. The zero-order chi connectivity index (χ0) is 23.4. The largest absolute Gasteiger partial charge is 0.550 e. The Balaban J connectivity index is 3.62. The van der Waals surface area contributed by atoms with E-state index in [-0.39, 0.29) is 12.4 Å². The van der Waals surface area contributed by atoms with Gasteiger partial charge in [-0.05, 0) is 32.1 Å². The minimum Gasteiger partial charge on any atom is -0.550 e. The van der Waals surface area contributed by atoms with Crippen LogP contribution in [0, 0.1) is 0 Å². The predicted molar refractivity (Wildman–Crippen MR) is 126 cm³/mol. The third-order valence-electron chi connectivity index (χ3n) is 5.34. The molecule has 5 heteroatoms. The number of hydrogen-bond acceptors (Lipinski definition) is 4. The van der Waals surface area contributed by atoms with Crippen LogP contribution in [0.3, 0.4) is 0 Å². The van der Waals surface area contributed by atoms with Gasteiger partial charge < -0.3 is 19.1 Å². The van der Waals surface area contributed by atoms with Crippen LogP contribution in [0.4, 0.5) is 0 Å². The summed E-state index contributed by atoms with van der Waals surface area (Å²) in [5.74, 6) is -1.48. The Morgan fingerprint density at radius 3 is 1.77 bits per heavy atom. The summed E-state index contributed by atoms with van der Waals surface area (Å²) in [7, 11) is 5.84. The zero-order valence-electron chi connectivity index (χ0n) is 20.8. The van der Waals surface area contributed by atoms with Crippen LogP contribution >= 0.6 is 0 Å². The molecule has 0 aromatic carbocycles. The smallest absolute Gasteiger partial charge is 0.306 e. The van der Waals surface area contributed by atoms with E-state index in [0.717, 1.165) is 25.7 Å². The first-order valence-electron chi connectivity index (χ1n) is 12.6. The SMILES string of the molecule is CCCCCCCCC/C=C/CCCCCCCC(=O)OC(CC(=O)[O-])C[N+](C)(C)C. The number of ether oxygens (including phenoxy) is 1. The number of unbranched alkanes of at least 4 members (excludes halogenated alkanes) is 12. The van der Waals surface area contributed by atoms with E-state index in [2.05, 4.69) is 19.1 Å². The summed E-state index contributed by atoms with van der Waals surface area (Å²) in [5.41, 5.74) is 0. The van der Waals surface area contributed by atoms with Crippen molar-refractivity contribution in [3.63, 3.8) is 0 Å². The van der Waals surface area contributed by atoms with Crippen molar-refractivity contribution in [1.82, 2.24) is 0 Å². The molecule has 1 unspecified atom stereocenters. The van der Waals surface area contributed by atoms with Crippen molar-refractivity contribution in [2.45, 2.75) is 116 Å². The topological polar surface area (TPSA) is 66.4 Å². The highest BCUT2D eigenvalue weighted by molar-refractivity contribution is 5.70. The Labute approximate surface area is 191 Å². The van der Waals surface area contributed by atoms with E-state index in [4.69, 9.17) is 4.74 Å². The number of carboxylic acids is 1. The molecule has 0 aliphatic rings. The van der Waals surface area contributed by atoms with Crippen LogP contribution in [0.15, 0.2) is 12.2 Å². The fourth-order valence-electron chi connectivity index (χ4n) is 3.70. The van der Waals surface area contributed by atoms with E-state index in [9.17, 15) is 14.7 Å². The summed E-state index contributed by atoms with van der Waals surface area (Å²) in [6.45, 7) is 2.72. The number of likely N-dealkylation sites (N-methyl/N-ethyl adjacent to an activating group) is 1. The van der Waals surface area contributed by atoms with Gasteiger partial charge in [0.15, 0.2) is 6.10 Å². The number of rotatable bonds is 21. The highest BCUT2D eigenvalue weighted by atomic mass is 16.5. The molecule has 1 atom stereocenters. The van der Waals surface area contributed by atoms with E-state index in [1.54, 1.807) is 0 Å². The van der Waals surface area contributed by atoms with Crippen molar-refractivity contribution in [3.05, 3.63) is 12.2 Å². The van der Waals surface area contributed by atoms with Gasteiger partial charge in [-0.25, -0.2) is 0 Å². The Bertz CT molecular complexity index is 482. The number of allylic oxidation sites excluding steroid dienone is 2. The van der Waals surface area contributed by atoms with Crippen LogP contribution in [-0.2, 0) is 14.3 Å². The minimum atomic E-state index is -1.18. The van der Waals surface area contributed by atoms with Crippen LogP contribution in [0.2, 0.25) is 0 Å². The second kappa shape index (κ2) is 19.3. The summed E-state index contributed by atoms with van der Waals surface area (Å²) in [5, 5.41) is 10.9. The second-order valence-corrected chi connectivity index (χ2v) is 9.85.